The van der Waals surface area contributed by atoms with Gasteiger partial charge in [0.2, 0.25) is 0 Å². The molecule has 0 aliphatic heterocycles. The van der Waals surface area contributed by atoms with Crippen LogP contribution in [0.3, 0.4) is 0 Å². The zero-order chi connectivity index (χ0) is 13.8. The monoisotopic (exact) mass is 253 g/mol. The molecule has 0 saturated heterocycles. The molecule has 96 valence electrons. The first kappa shape index (κ1) is 13.1. The maximum atomic E-state index is 9.74. The van der Waals surface area contributed by atoms with E-state index < -0.39 is 6.10 Å². The van der Waals surface area contributed by atoms with Crippen molar-refractivity contribution in [1.82, 2.24) is 0 Å². The summed E-state index contributed by atoms with van der Waals surface area (Å²) in [4.78, 5) is 0. The molecule has 0 unspecified atom stereocenters. The Hall–Kier alpha value is -2.31. The number of rotatable bonds is 3. The molecule has 0 aliphatic rings. The molecule has 0 spiro atoms. The minimum atomic E-state index is -0.646. The second-order valence-electron chi connectivity index (χ2n) is 4.46. The van der Waals surface area contributed by atoms with Gasteiger partial charge in [-0.2, -0.15) is 5.26 Å². The molecular weight excluding hydrogens is 238 g/mol. The van der Waals surface area contributed by atoms with E-state index in [1.165, 1.54) is 0 Å². The van der Waals surface area contributed by atoms with Gasteiger partial charge >= 0.3 is 0 Å². The Kier molecular flexibility index (Phi) is 3.84. The summed E-state index contributed by atoms with van der Waals surface area (Å²) in [6.07, 6.45) is -0.646. The molecule has 0 aliphatic carbocycles. The summed E-state index contributed by atoms with van der Waals surface area (Å²) in [5.74, 6) is 1.21. The van der Waals surface area contributed by atoms with Gasteiger partial charge in [0.25, 0.3) is 0 Å². The molecule has 2 aromatic carbocycles. The first-order valence-corrected chi connectivity index (χ1v) is 6.07. The minimum Gasteiger partial charge on any atom is -0.457 e. The number of nitriles is 1. The summed E-state index contributed by atoms with van der Waals surface area (Å²) >= 11 is 0. The molecule has 0 bridgehead atoms. The van der Waals surface area contributed by atoms with E-state index in [0.717, 1.165) is 5.56 Å². The summed E-state index contributed by atoms with van der Waals surface area (Å²) in [6.45, 7) is 3.65. The lowest BCUT2D eigenvalue weighted by atomic mass is 10.1. The van der Waals surface area contributed by atoms with Gasteiger partial charge in [-0.1, -0.05) is 18.2 Å². The first-order valence-electron chi connectivity index (χ1n) is 6.07. The molecule has 0 fully saturated rings. The van der Waals surface area contributed by atoms with Gasteiger partial charge in [0.05, 0.1) is 17.7 Å². The minimum absolute atomic E-state index is 0.507. The lowest BCUT2D eigenvalue weighted by Gasteiger charge is -2.13. The van der Waals surface area contributed by atoms with Gasteiger partial charge in [0, 0.05) is 5.56 Å². The van der Waals surface area contributed by atoms with Crippen molar-refractivity contribution in [1.29, 1.82) is 5.26 Å². The third-order valence-corrected chi connectivity index (χ3v) is 2.81. The number of aliphatic hydroxyl groups excluding tert-OH is 1. The summed E-state index contributed by atoms with van der Waals surface area (Å²) in [5.41, 5.74) is 2.26. The Morgan fingerprint density at radius 2 is 2.00 bits per heavy atom. The van der Waals surface area contributed by atoms with Crippen LogP contribution in [0.15, 0.2) is 42.5 Å². The molecule has 3 nitrogen and oxygen atoms in total. The summed E-state index contributed by atoms with van der Waals surface area (Å²) < 4.78 is 5.78. The zero-order valence-electron chi connectivity index (χ0n) is 10.9. The van der Waals surface area contributed by atoms with Crippen LogP contribution in [-0.2, 0) is 0 Å². The van der Waals surface area contributed by atoms with Crippen LogP contribution in [0, 0.1) is 18.3 Å². The van der Waals surface area contributed by atoms with Crippen molar-refractivity contribution < 1.29 is 9.84 Å². The van der Waals surface area contributed by atoms with Gasteiger partial charge in [-0.15, -0.1) is 0 Å². The van der Waals surface area contributed by atoms with Crippen LogP contribution >= 0.6 is 0 Å². The molecular formula is C16H15NO2. The highest BCUT2D eigenvalue weighted by Crippen LogP contribution is 2.30. The van der Waals surface area contributed by atoms with Crippen LogP contribution in [0.4, 0.5) is 0 Å². The fraction of sp³-hybridized carbons (Fsp3) is 0.188. The maximum Gasteiger partial charge on any atom is 0.134 e. The second kappa shape index (κ2) is 5.55. The molecule has 3 heteroatoms. The van der Waals surface area contributed by atoms with E-state index >= 15 is 0 Å². The highest BCUT2D eigenvalue weighted by Gasteiger charge is 2.11. The normalized spacial score (nSPS) is 11.7. The Morgan fingerprint density at radius 3 is 2.63 bits per heavy atom. The van der Waals surface area contributed by atoms with Crippen molar-refractivity contribution in [2.24, 2.45) is 0 Å². The lowest BCUT2D eigenvalue weighted by Crippen LogP contribution is -1.97. The number of hydrogen-bond acceptors (Lipinski definition) is 3. The number of aliphatic hydroxyl groups is 1. The largest absolute Gasteiger partial charge is 0.457 e. The molecule has 1 N–H and O–H groups in total. The number of ether oxygens (including phenoxy) is 1. The van der Waals surface area contributed by atoms with Crippen molar-refractivity contribution in [3.8, 4) is 17.6 Å². The highest BCUT2D eigenvalue weighted by atomic mass is 16.5. The van der Waals surface area contributed by atoms with E-state index in [1.807, 2.05) is 31.2 Å². The smallest absolute Gasteiger partial charge is 0.134 e. The van der Waals surface area contributed by atoms with Crippen molar-refractivity contribution >= 4 is 0 Å². The van der Waals surface area contributed by atoms with Crippen molar-refractivity contribution in [2.45, 2.75) is 20.0 Å². The number of benzene rings is 2. The van der Waals surface area contributed by atoms with Gasteiger partial charge in [0.1, 0.15) is 11.5 Å². The van der Waals surface area contributed by atoms with Gasteiger partial charge in [-0.25, -0.2) is 0 Å². The van der Waals surface area contributed by atoms with Crippen LogP contribution in [0.25, 0.3) is 0 Å². The topological polar surface area (TPSA) is 53.2 Å². The van der Waals surface area contributed by atoms with Crippen molar-refractivity contribution in [3.05, 3.63) is 59.2 Å². The van der Waals surface area contributed by atoms with E-state index in [9.17, 15) is 5.11 Å². The average Bonchev–Trinajstić information content (AvgIpc) is 2.38. The van der Waals surface area contributed by atoms with Crippen molar-refractivity contribution in [3.63, 3.8) is 0 Å². The lowest BCUT2D eigenvalue weighted by molar-refractivity contribution is 0.195. The summed E-state index contributed by atoms with van der Waals surface area (Å²) in [7, 11) is 0. The predicted molar refractivity (Wildman–Crippen MR) is 73.0 cm³/mol. The van der Waals surface area contributed by atoms with Gasteiger partial charge in [-0.3, -0.25) is 0 Å². The van der Waals surface area contributed by atoms with Crippen LogP contribution in [0.5, 0.6) is 11.5 Å². The van der Waals surface area contributed by atoms with Crippen LogP contribution < -0.4 is 4.74 Å². The SMILES string of the molecule is Cc1cccc(Oc2cc(C#N)ccc2[C@H](C)O)c1. The van der Waals surface area contributed by atoms with Crippen LogP contribution in [-0.4, -0.2) is 5.11 Å². The molecule has 0 radical (unpaired) electrons. The molecule has 19 heavy (non-hydrogen) atoms. The zero-order valence-corrected chi connectivity index (χ0v) is 10.9. The average molecular weight is 253 g/mol. The quantitative estimate of drug-likeness (QED) is 0.907. The maximum absolute atomic E-state index is 9.74. The Balaban J connectivity index is 2.40. The Labute approximate surface area is 112 Å². The van der Waals surface area contributed by atoms with E-state index in [4.69, 9.17) is 10.00 Å². The number of aryl methyl sites for hydroxylation is 1. The molecule has 0 aromatic heterocycles. The van der Waals surface area contributed by atoms with E-state index in [0.29, 0.717) is 22.6 Å². The van der Waals surface area contributed by atoms with Gasteiger partial charge in [-0.05, 0) is 43.7 Å². The van der Waals surface area contributed by atoms with Crippen LogP contribution in [0.1, 0.15) is 29.7 Å². The van der Waals surface area contributed by atoms with E-state index in [-0.39, 0.29) is 0 Å². The molecule has 2 rings (SSSR count). The molecule has 0 saturated carbocycles. The van der Waals surface area contributed by atoms with Crippen LogP contribution in [0.2, 0.25) is 0 Å². The molecule has 0 amide bonds. The van der Waals surface area contributed by atoms with Crippen molar-refractivity contribution in [2.75, 3.05) is 0 Å². The Bertz CT molecular complexity index is 627. The second-order valence-corrected chi connectivity index (χ2v) is 4.46. The number of hydrogen-bond donors (Lipinski definition) is 1. The third kappa shape index (κ3) is 3.12. The molecule has 1 atom stereocenters. The van der Waals surface area contributed by atoms with Gasteiger partial charge in [0.15, 0.2) is 0 Å². The summed E-state index contributed by atoms with van der Waals surface area (Å²) in [5, 5.41) is 18.7. The fourth-order valence-electron chi connectivity index (χ4n) is 1.84. The first-order chi connectivity index (χ1) is 9.10. The summed E-state index contributed by atoms with van der Waals surface area (Å²) in [6, 6.07) is 14.7. The van der Waals surface area contributed by atoms with E-state index in [2.05, 4.69) is 6.07 Å². The predicted octanol–water partition coefficient (Wildman–Crippen LogP) is 3.71. The van der Waals surface area contributed by atoms with Gasteiger partial charge < -0.3 is 9.84 Å². The fourth-order valence-corrected chi connectivity index (χ4v) is 1.84. The Morgan fingerprint density at radius 1 is 1.21 bits per heavy atom. The van der Waals surface area contributed by atoms with E-state index in [1.54, 1.807) is 25.1 Å². The molecule has 0 heterocycles. The number of nitrogens with zero attached hydrogens (tertiary/aromatic N) is 1. The standard InChI is InChI=1S/C16H15NO2/c1-11-4-3-5-14(8-11)19-16-9-13(10-17)6-7-15(16)12(2)18/h3-9,12,18H,1-2H3/t12-/m0/s1. The third-order valence-electron chi connectivity index (χ3n) is 2.81. The highest BCUT2D eigenvalue weighted by molar-refractivity contribution is 5.45. The molecule has 2 aromatic rings.